The Morgan fingerprint density at radius 1 is 1.26 bits per heavy atom. The van der Waals surface area contributed by atoms with Crippen LogP contribution >= 0.6 is 11.6 Å². The number of halogens is 4. The zero-order chi connectivity index (χ0) is 22.8. The number of rotatable bonds is 7. The second kappa shape index (κ2) is 9.35. The van der Waals surface area contributed by atoms with Crippen molar-refractivity contribution < 1.29 is 31.6 Å². The van der Waals surface area contributed by atoms with Crippen LogP contribution in [0.5, 0.6) is 11.5 Å². The standard InChI is InChI=1S/C20H20ClF3N2O4S/c1-12-9-13(19(27)25-31(2)28)3-5-17(12)29-11-15-7-8-26(15)14-4-6-18(16(21)10-14)30-20(22,23)24/h3-6,9-10,15H,7-8,11H2,1-2H3,(H,25,27). The van der Waals surface area contributed by atoms with Crippen LogP contribution < -0.4 is 19.1 Å². The minimum absolute atomic E-state index is 0.0235. The first-order chi connectivity index (χ1) is 14.5. The van der Waals surface area contributed by atoms with Gasteiger partial charge in [0.2, 0.25) is 0 Å². The molecule has 1 fully saturated rings. The maximum absolute atomic E-state index is 12.4. The Bertz CT molecular complexity index is 1000. The third-order valence-electron chi connectivity index (χ3n) is 4.72. The molecule has 31 heavy (non-hydrogen) atoms. The number of hydrogen-bond acceptors (Lipinski definition) is 5. The zero-order valence-electron chi connectivity index (χ0n) is 16.7. The van der Waals surface area contributed by atoms with Crippen molar-refractivity contribution in [2.24, 2.45) is 0 Å². The molecule has 1 N–H and O–H groups in total. The number of ether oxygens (including phenoxy) is 2. The van der Waals surface area contributed by atoms with E-state index in [4.69, 9.17) is 16.3 Å². The number of alkyl halides is 3. The fourth-order valence-electron chi connectivity index (χ4n) is 3.16. The number of amides is 1. The van der Waals surface area contributed by atoms with E-state index >= 15 is 0 Å². The van der Waals surface area contributed by atoms with E-state index in [-0.39, 0.29) is 11.1 Å². The molecule has 1 aliphatic heterocycles. The summed E-state index contributed by atoms with van der Waals surface area (Å²) in [5.74, 6) is -0.277. The average Bonchev–Trinajstić information content (AvgIpc) is 2.63. The lowest BCUT2D eigenvalue weighted by molar-refractivity contribution is -0.274. The molecular weight excluding hydrogens is 457 g/mol. The number of nitrogens with one attached hydrogen (secondary N) is 1. The molecule has 1 heterocycles. The van der Waals surface area contributed by atoms with Crippen LogP contribution in [0.3, 0.4) is 0 Å². The normalized spacial score (nSPS) is 17.0. The zero-order valence-corrected chi connectivity index (χ0v) is 18.2. The number of carbonyl (C=O) groups excluding carboxylic acids is 1. The van der Waals surface area contributed by atoms with Gasteiger partial charge in [0.1, 0.15) is 29.1 Å². The molecule has 0 radical (unpaired) electrons. The number of benzene rings is 2. The predicted octanol–water partition coefficient (Wildman–Crippen LogP) is 4.23. The van der Waals surface area contributed by atoms with Crippen LogP contribution in [-0.2, 0) is 11.0 Å². The van der Waals surface area contributed by atoms with Gasteiger partial charge in [-0.15, -0.1) is 13.2 Å². The molecule has 2 aromatic rings. The first-order valence-electron chi connectivity index (χ1n) is 9.23. The Morgan fingerprint density at radius 2 is 1.97 bits per heavy atom. The molecule has 0 saturated carbocycles. The van der Waals surface area contributed by atoms with Gasteiger partial charge in [-0.2, -0.15) is 0 Å². The van der Waals surface area contributed by atoms with Crippen LogP contribution in [0.25, 0.3) is 0 Å². The highest BCUT2D eigenvalue weighted by Crippen LogP contribution is 2.36. The van der Waals surface area contributed by atoms with Gasteiger partial charge in [-0.3, -0.25) is 9.52 Å². The van der Waals surface area contributed by atoms with Gasteiger partial charge < -0.3 is 14.4 Å². The molecule has 2 unspecified atom stereocenters. The topological polar surface area (TPSA) is 67.9 Å². The summed E-state index contributed by atoms with van der Waals surface area (Å²) in [5, 5.41) is -0.126. The monoisotopic (exact) mass is 476 g/mol. The Balaban J connectivity index is 1.61. The fraction of sp³-hybridized carbons (Fsp3) is 0.350. The van der Waals surface area contributed by atoms with Crippen LogP contribution in [0.4, 0.5) is 18.9 Å². The smallest absolute Gasteiger partial charge is 0.491 e. The molecule has 3 rings (SSSR count). The summed E-state index contributed by atoms with van der Waals surface area (Å²) in [4.78, 5) is 13.9. The quantitative estimate of drug-likeness (QED) is 0.648. The van der Waals surface area contributed by atoms with Gasteiger partial charge in [0, 0.05) is 24.1 Å². The third-order valence-corrected chi connectivity index (χ3v) is 5.49. The lowest BCUT2D eigenvalue weighted by atomic mass is 10.0. The highest BCUT2D eigenvalue weighted by atomic mass is 35.5. The van der Waals surface area contributed by atoms with E-state index < -0.39 is 29.0 Å². The maximum Gasteiger partial charge on any atom is 0.573 e. The molecule has 11 heteroatoms. The summed E-state index contributed by atoms with van der Waals surface area (Å²) >= 11 is 5.94. The molecular formula is C20H20ClF3N2O4S. The predicted molar refractivity (Wildman–Crippen MR) is 112 cm³/mol. The van der Waals surface area contributed by atoms with Gasteiger partial charge in [0.15, 0.2) is 0 Å². The molecule has 6 nitrogen and oxygen atoms in total. The van der Waals surface area contributed by atoms with Gasteiger partial charge in [-0.05, 0) is 55.3 Å². The number of nitrogens with zero attached hydrogens (tertiary/aromatic N) is 1. The second-order valence-electron chi connectivity index (χ2n) is 6.98. The molecule has 0 spiro atoms. The molecule has 2 atom stereocenters. The van der Waals surface area contributed by atoms with Crippen molar-refractivity contribution in [3.63, 3.8) is 0 Å². The molecule has 0 aliphatic carbocycles. The van der Waals surface area contributed by atoms with Crippen molar-refractivity contribution in [1.29, 1.82) is 0 Å². The first-order valence-corrected chi connectivity index (χ1v) is 11.2. The van der Waals surface area contributed by atoms with E-state index in [1.165, 1.54) is 24.5 Å². The lowest BCUT2D eigenvalue weighted by Crippen LogP contribution is -2.51. The fourth-order valence-corrected chi connectivity index (χ4v) is 3.75. The highest BCUT2D eigenvalue weighted by molar-refractivity contribution is 7.82. The van der Waals surface area contributed by atoms with Gasteiger partial charge >= 0.3 is 6.36 Å². The minimum Gasteiger partial charge on any atom is -0.491 e. The summed E-state index contributed by atoms with van der Waals surface area (Å²) in [6.45, 7) is 2.87. The summed E-state index contributed by atoms with van der Waals surface area (Å²) < 4.78 is 60.4. The molecule has 1 aliphatic rings. The summed E-state index contributed by atoms with van der Waals surface area (Å²) in [7, 11) is -1.45. The molecule has 168 valence electrons. The van der Waals surface area contributed by atoms with Crippen molar-refractivity contribution in [3.8, 4) is 11.5 Å². The van der Waals surface area contributed by atoms with Gasteiger partial charge in [0.05, 0.1) is 11.1 Å². The van der Waals surface area contributed by atoms with Crippen molar-refractivity contribution in [2.45, 2.75) is 25.7 Å². The Hall–Kier alpha value is -2.46. The lowest BCUT2D eigenvalue weighted by Gasteiger charge is -2.42. The van der Waals surface area contributed by atoms with E-state index in [2.05, 4.69) is 9.46 Å². The van der Waals surface area contributed by atoms with Crippen LogP contribution in [0, 0.1) is 6.92 Å². The van der Waals surface area contributed by atoms with E-state index in [1.54, 1.807) is 25.1 Å². The molecule has 1 saturated heterocycles. The molecule has 0 aromatic heterocycles. The summed E-state index contributed by atoms with van der Waals surface area (Å²) in [6.07, 6.45) is -2.59. The Morgan fingerprint density at radius 3 is 2.52 bits per heavy atom. The molecule has 0 bridgehead atoms. The number of anilines is 1. The van der Waals surface area contributed by atoms with Crippen molar-refractivity contribution in [2.75, 3.05) is 24.3 Å². The SMILES string of the molecule is Cc1cc(C(=O)NS(C)=O)ccc1OCC1CCN1c1ccc(OC(F)(F)F)c(Cl)c1. The molecule has 2 aromatic carbocycles. The highest BCUT2D eigenvalue weighted by Gasteiger charge is 2.33. The van der Waals surface area contributed by atoms with Gasteiger partial charge in [-0.1, -0.05) is 11.6 Å². The summed E-state index contributed by atoms with van der Waals surface area (Å²) in [6, 6.07) is 9.08. The number of carbonyl (C=O) groups is 1. The summed E-state index contributed by atoms with van der Waals surface area (Å²) in [5.41, 5.74) is 1.80. The minimum atomic E-state index is -4.81. The van der Waals surface area contributed by atoms with Crippen LogP contribution in [-0.4, -0.2) is 41.9 Å². The van der Waals surface area contributed by atoms with Crippen molar-refractivity contribution in [1.82, 2.24) is 4.72 Å². The third kappa shape index (κ3) is 6.04. The van der Waals surface area contributed by atoms with E-state index in [0.29, 0.717) is 23.6 Å². The maximum atomic E-state index is 12.4. The van der Waals surface area contributed by atoms with Crippen LogP contribution in [0.2, 0.25) is 5.02 Å². The average molecular weight is 477 g/mol. The molecule has 1 amide bonds. The largest absolute Gasteiger partial charge is 0.573 e. The van der Waals surface area contributed by atoms with Crippen molar-refractivity contribution in [3.05, 3.63) is 52.5 Å². The second-order valence-corrected chi connectivity index (χ2v) is 8.49. The first kappa shape index (κ1) is 23.2. The van der Waals surface area contributed by atoms with E-state index in [0.717, 1.165) is 18.5 Å². The Kier molecular flexibility index (Phi) is 7.00. The van der Waals surface area contributed by atoms with Crippen molar-refractivity contribution >= 4 is 34.2 Å². The van der Waals surface area contributed by atoms with E-state index in [9.17, 15) is 22.2 Å². The van der Waals surface area contributed by atoms with Crippen LogP contribution in [0.1, 0.15) is 22.3 Å². The Labute approximate surface area is 184 Å². The van der Waals surface area contributed by atoms with Gasteiger partial charge in [-0.25, -0.2) is 4.21 Å². The van der Waals surface area contributed by atoms with E-state index in [1.807, 2.05) is 4.90 Å². The van der Waals surface area contributed by atoms with Crippen LogP contribution in [0.15, 0.2) is 36.4 Å². The van der Waals surface area contributed by atoms with Gasteiger partial charge in [0.25, 0.3) is 5.91 Å². The number of aryl methyl sites for hydroxylation is 1. The number of hydrogen-bond donors (Lipinski definition) is 1.